The second-order valence-electron chi connectivity index (χ2n) is 7.21. The molecule has 0 unspecified atom stereocenters. The maximum absolute atomic E-state index is 13.2. The van der Waals surface area contributed by atoms with Gasteiger partial charge in [0, 0.05) is 13.7 Å². The molecule has 0 aliphatic carbocycles. The maximum atomic E-state index is 13.2. The lowest BCUT2D eigenvalue weighted by atomic mass is 9.78. The van der Waals surface area contributed by atoms with Crippen LogP contribution in [-0.4, -0.2) is 32.7 Å². The van der Waals surface area contributed by atoms with Crippen molar-refractivity contribution in [3.05, 3.63) is 65.5 Å². The lowest BCUT2D eigenvalue weighted by Gasteiger charge is -2.35. The van der Waals surface area contributed by atoms with Gasteiger partial charge < -0.3 is 20.1 Å². The van der Waals surface area contributed by atoms with Crippen LogP contribution in [0.5, 0.6) is 5.75 Å². The molecular formula is C22H28ClFN2O3. The number of rotatable bonds is 8. The van der Waals surface area contributed by atoms with Crippen LogP contribution in [0.15, 0.2) is 48.5 Å². The summed E-state index contributed by atoms with van der Waals surface area (Å²) in [7, 11) is 1.64. The molecule has 0 spiro atoms. The fourth-order valence-electron chi connectivity index (χ4n) is 3.49. The zero-order valence-electron chi connectivity index (χ0n) is 16.6. The summed E-state index contributed by atoms with van der Waals surface area (Å²) in [6.45, 7) is 2.86. The number of amides is 1. The molecule has 7 heteroatoms. The van der Waals surface area contributed by atoms with Gasteiger partial charge in [-0.3, -0.25) is 4.79 Å². The molecular weight excluding hydrogens is 395 g/mol. The van der Waals surface area contributed by atoms with Gasteiger partial charge >= 0.3 is 0 Å². The summed E-state index contributed by atoms with van der Waals surface area (Å²) in [5, 5.41) is 6.34. The van der Waals surface area contributed by atoms with Gasteiger partial charge in [0.2, 0.25) is 5.91 Å². The average Bonchev–Trinajstić information content (AvgIpc) is 2.72. The van der Waals surface area contributed by atoms with Gasteiger partial charge in [-0.25, -0.2) is 4.39 Å². The summed E-state index contributed by atoms with van der Waals surface area (Å²) in [6.07, 6.45) is 1.55. The lowest BCUT2D eigenvalue weighted by Crippen LogP contribution is -2.49. The fourth-order valence-corrected chi connectivity index (χ4v) is 3.49. The molecule has 0 radical (unpaired) electrons. The van der Waals surface area contributed by atoms with Gasteiger partial charge in [-0.05, 0) is 61.3 Å². The van der Waals surface area contributed by atoms with E-state index in [-0.39, 0.29) is 24.1 Å². The molecule has 29 heavy (non-hydrogen) atoms. The number of methoxy groups -OCH3 is 1. The smallest absolute Gasteiger partial charge is 0.228 e. The van der Waals surface area contributed by atoms with Crippen LogP contribution in [0.3, 0.4) is 0 Å². The molecule has 1 aliphatic rings. The van der Waals surface area contributed by atoms with Crippen molar-refractivity contribution >= 4 is 18.3 Å². The zero-order valence-corrected chi connectivity index (χ0v) is 17.4. The highest BCUT2D eigenvalue weighted by molar-refractivity contribution is 5.85. The molecule has 0 bridgehead atoms. The molecule has 158 valence electrons. The van der Waals surface area contributed by atoms with Crippen molar-refractivity contribution in [3.63, 3.8) is 0 Å². The molecule has 0 saturated carbocycles. The predicted octanol–water partition coefficient (Wildman–Crippen LogP) is 3.46. The van der Waals surface area contributed by atoms with Crippen LogP contribution in [0.1, 0.15) is 24.0 Å². The van der Waals surface area contributed by atoms with E-state index in [9.17, 15) is 9.18 Å². The SMILES string of the molecule is COCC1(C(=O)NCc2ccc(OCc3cccc(F)c3)cc2)CCNCC1.Cl. The summed E-state index contributed by atoms with van der Waals surface area (Å²) in [5.74, 6) is 0.475. The summed E-state index contributed by atoms with van der Waals surface area (Å²) in [5.41, 5.74) is 1.32. The maximum Gasteiger partial charge on any atom is 0.228 e. The van der Waals surface area contributed by atoms with E-state index in [1.54, 1.807) is 13.2 Å². The quantitative estimate of drug-likeness (QED) is 0.684. The molecule has 1 fully saturated rings. The molecule has 0 atom stereocenters. The Labute approximate surface area is 177 Å². The van der Waals surface area contributed by atoms with Gasteiger partial charge in [0.15, 0.2) is 0 Å². The van der Waals surface area contributed by atoms with Crippen LogP contribution in [0.25, 0.3) is 0 Å². The summed E-state index contributed by atoms with van der Waals surface area (Å²) in [6, 6.07) is 13.9. The number of carbonyl (C=O) groups is 1. The molecule has 0 aromatic heterocycles. The van der Waals surface area contributed by atoms with Crippen molar-refractivity contribution in [2.75, 3.05) is 26.8 Å². The Kier molecular flexibility index (Phi) is 8.89. The van der Waals surface area contributed by atoms with E-state index in [4.69, 9.17) is 9.47 Å². The van der Waals surface area contributed by atoms with Crippen LogP contribution in [0, 0.1) is 11.2 Å². The number of halogens is 2. The summed E-state index contributed by atoms with van der Waals surface area (Å²) in [4.78, 5) is 12.8. The molecule has 1 heterocycles. The number of nitrogens with one attached hydrogen (secondary N) is 2. The third kappa shape index (κ3) is 6.42. The highest BCUT2D eigenvalue weighted by Gasteiger charge is 2.39. The van der Waals surface area contributed by atoms with Crippen molar-refractivity contribution in [2.24, 2.45) is 5.41 Å². The normalized spacial score (nSPS) is 15.2. The summed E-state index contributed by atoms with van der Waals surface area (Å²) < 4.78 is 24.2. The Morgan fingerprint density at radius 3 is 2.52 bits per heavy atom. The molecule has 1 amide bonds. The van der Waals surface area contributed by atoms with E-state index in [1.807, 2.05) is 30.3 Å². The van der Waals surface area contributed by atoms with E-state index < -0.39 is 5.41 Å². The number of hydrogen-bond donors (Lipinski definition) is 2. The number of carbonyl (C=O) groups excluding carboxylic acids is 1. The van der Waals surface area contributed by atoms with Crippen molar-refractivity contribution < 1.29 is 18.7 Å². The van der Waals surface area contributed by atoms with Crippen LogP contribution in [-0.2, 0) is 22.7 Å². The Hall–Kier alpha value is -2.15. The second-order valence-corrected chi connectivity index (χ2v) is 7.21. The Bertz CT molecular complexity index is 774. The first-order chi connectivity index (χ1) is 13.6. The van der Waals surface area contributed by atoms with Gasteiger partial charge in [0.05, 0.1) is 12.0 Å². The van der Waals surface area contributed by atoms with Crippen molar-refractivity contribution in [1.82, 2.24) is 10.6 Å². The van der Waals surface area contributed by atoms with Gasteiger partial charge in [0.25, 0.3) is 0 Å². The minimum absolute atomic E-state index is 0. The molecule has 1 aliphatic heterocycles. The molecule has 5 nitrogen and oxygen atoms in total. The van der Waals surface area contributed by atoms with Gasteiger partial charge in [-0.15, -0.1) is 12.4 Å². The minimum atomic E-state index is -0.450. The van der Waals surface area contributed by atoms with Crippen LogP contribution in [0.4, 0.5) is 4.39 Å². The first kappa shape index (κ1) is 23.1. The van der Waals surface area contributed by atoms with Crippen LogP contribution < -0.4 is 15.4 Å². The van der Waals surface area contributed by atoms with E-state index in [0.717, 1.165) is 37.1 Å². The van der Waals surface area contributed by atoms with Gasteiger partial charge in [-0.1, -0.05) is 24.3 Å². The Morgan fingerprint density at radius 1 is 1.14 bits per heavy atom. The van der Waals surface area contributed by atoms with E-state index in [2.05, 4.69) is 10.6 Å². The van der Waals surface area contributed by atoms with Crippen LogP contribution >= 0.6 is 12.4 Å². The van der Waals surface area contributed by atoms with E-state index in [1.165, 1.54) is 12.1 Å². The summed E-state index contributed by atoms with van der Waals surface area (Å²) >= 11 is 0. The molecule has 2 aromatic carbocycles. The monoisotopic (exact) mass is 422 g/mol. The topological polar surface area (TPSA) is 59.6 Å². The first-order valence-corrected chi connectivity index (χ1v) is 9.55. The number of ether oxygens (including phenoxy) is 2. The van der Waals surface area contributed by atoms with E-state index in [0.29, 0.717) is 25.5 Å². The Balaban J connectivity index is 0.00000300. The van der Waals surface area contributed by atoms with E-state index >= 15 is 0 Å². The number of benzene rings is 2. The minimum Gasteiger partial charge on any atom is -0.489 e. The third-order valence-electron chi connectivity index (χ3n) is 5.13. The molecule has 3 rings (SSSR count). The average molecular weight is 423 g/mol. The number of hydrogen-bond acceptors (Lipinski definition) is 4. The Morgan fingerprint density at radius 2 is 1.86 bits per heavy atom. The number of piperidine rings is 1. The van der Waals surface area contributed by atoms with Crippen LogP contribution in [0.2, 0.25) is 0 Å². The zero-order chi connectivity index (χ0) is 19.8. The first-order valence-electron chi connectivity index (χ1n) is 9.55. The standard InChI is InChI=1S/C22H27FN2O3.ClH/c1-27-16-22(9-11-24-12-10-22)21(26)25-14-17-5-7-20(8-6-17)28-15-18-3-2-4-19(23)13-18;/h2-8,13,24H,9-12,14-16H2,1H3,(H,25,26);1H. The highest BCUT2D eigenvalue weighted by atomic mass is 35.5. The third-order valence-corrected chi connectivity index (χ3v) is 5.13. The molecule has 2 N–H and O–H groups in total. The molecule has 2 aromatic rings. The predicted molar refractivity (Wildman–Crippen MR) is 113 cm³/mol. The van der Waals surface area contributed by atoms with Crippen molar-refractivity contribution in [2.45, 2.75) is 26.0 Å². The van der Waals surface area contributed by atoms with Gasteiger partial charge in [0.1, 0.15) is 18.2 Å². The van der Waals surface area contributed by atoms with Gasteiger partial charge in [-0.2, -0.15) is 0 Å². The second kappa shape index (κ2) is 11.1. The van der Waals surface area contributed by atoms with Crippen molar-refractivity contribution in [1.29, 1.82) is 0 Å². The fraction of sp³-hybridized carbons (Fsp3) is 0.409. The van der Waals surface area contributed by atoms with Crippen molar-refractivity contribution in [3.8, 4) is 5.75 Å². The lowest BCUT2D eigenvalue weighted by molar-refractivity contribution is -0.136. The molecule has 1 saturated heterocycles. The largest absolute Gasteiger partial charge is 0.489 e. The highest BCUT2D eigenvalue weighted by Crippen LogP contribution is 2.29.